The first-order valence-electron chi connectivity index (χ1n) is 6.12. The van der Waals surface area contributed by atoms with Crippen LogP contribution in [0.5, 0.6) is 5.75 Å². The molecule has 1 aliphatic heterocycles. The molecule has 20 heavy (non-hydrogen) atoms. The molecule has 1 heterocycles. The van der Waals surface area contributed by atoms with Crippen LogP contribution in [-0.4, -0.2) is 36.1 Å². The Bertz CT molecular complexity index is 516. The number of fused-ring (bicyclic) bond motifs is 1. The molecular weight excluding hydrogens is 266 g/mol. The van der Waals surface area contributed by atoms with Crippen LogP contribution >= 0.6 is 0 Å². The van der Waals surface area contributed by atoms with E-state index in [4.69, 9.17) is 14.2 Å². The predicted molar refractivity (Wildman–Crippen MR) is 69.5 cm³/mol. The smallest absolute Gasteiger partial charge is 0.270 e. The number of non-ortho nitro benzene ring substituents is 1. The summed E-state index contributed by atoms with van der Waals surface area (Å²) in [6.07, 6.45) is -1.31. The maximum Gasteiger partial charge on any atom is 0.270 e. The van der Waals surface area contributed by atoms with Gasteiger partial charge < -0.3 is 19.3 Å². The minimum atomic E-state index is -0.878. The highest BCUT2D eigenvalue weighted by Crippen LogP contribution is 2.43. The fraction of sp³-hybridized carbons (Fsp3) is 0.538. The molecule has 1 aromatic rings. The van der Waals surface area contributed by atoms with Crippen LogP contribution in [0.1, 0.15) is 25.0 Å². The van der Waals surface area contributed by atoms with Gasteiger partial charge in [-0.3, -0.25) is 10.1 Å². The summed E-state index contributed by atoms with van der Waals surface area (Å²) in [5.41, 5.74) is -0.542. The van der Waals surface area contributed by atoms with Crippen molar-refractivity contribution in [2.75, 3.05) is 14.2 Å². The van der Waals surface area contributed by atoms with Gasteiger partial charge in [-0.15, -0.1) is 0 Å². The van der Waals surface area contributed by atoms with Crippen LogP contribution in [0.3, 0.4) is 0 Å². The van der Waals surface area contributed by atoms with Crippen molar-refractivity contribution in [1.82, 2.24) is 0 Å². The summed E-state index contributed by atoms with van der Waals surface area (Å²) < 4.78 is 16.2. The Balaban J connectivity index is 2.37. The van der Waals surface area contributed by atoms with Crippen LogP contribution in [0.15, 0.2) is 18.2 Å². The molecule has 1 aromatic carbocycles. The number of benzene rings is 1. The van der Waals surface area contributed by atoms with E-state index in [1.807, 2.05) is 0 Å². The largest absolute Gasteiger partial charge is 0.482 e. The Morgan fingerprint density at radius 2 is 2.15 bits per heavy atom. The van der Waals surface area contributed by atoms with Crippen molar-refractivity contribution in [2.24, 2.45) is 0 Å². The second-order valence-electron chi connectivity index (χ2n) is 4.92. The lowest BCUT2D eigenvalue weighted by Gasteiger charge is -2.41. The van der Waals surface area contributed by atoms with Gasteiger partial charge in [-0.25, -0.2) is 0 Å². The molecule has 0 fully saturated rings. The number of methoxy groups -OCH3 is 2. The highest BCUT2D eigenvalue weighted by atomic mass is 16.7. The third-order valence-corrected chi connectivity index (χ3v) is 3.43. The van der Waals surface area contributed by atoms with Crippen molar-refractivity contribution >= 4 is 5.69 Å². The van der Waals surface area contributed by atoms with Crippen molar-refractivity contribution in [3.8, 4) is 5.75 Å². The first kappa shape index (κ1) is 14.7. The third kappa shape index (κ3) is 2.47. The molecular formula is C13H17NO6. The fourth-order valence-electron chi connectivity index (χ4n) is 2.53. The minimum Gasteiger partial charge on any atom is -0.482 e. The van der Waals surface area contributed by atoms with Crippen molar-refractivity contribution in [1.29, 1.82) is 0 Å². The fourth-order valence-corrected chi connectivity index (χ4v) is 2.53. The topological polar surface area (TPSA) is 91.1 Å². The zero-order valence-electron chi connectivity index (χ0n) is 11.5. The second kappa shape index (κ2) is 5.35. The van der Waals surface area contributed by atoms with E-state index >= 15 is 0 Å². The van der Waals surface area contributed by atoms with E-state index in [0.29, 0.717) is 11.3 Å². The Kier molecular flexibility index (Phi) is 3.94. The monoisotopic (exact) mass is 283 g/mol. The van der Waals surface area contributed by atoms with Crippen LogP contribution in [0.2, 0.25) is 0 Å². The standard InChI is InChI=1S/C13H17NO6/c1-13(12(18-2)19-3)7-10(15)9-6-8(14(16)17)4-5-11(9)20-13/h4-6,10,12,15H,7H2,1-3H3/t10?,13-/m0/s1. The number of nitrogens with zero attached hydrogens (tertiary/aromatic N) is 1. The number of aliphatic hydroxyl groups is 1. The molecule has 2 atom stereocenters. The molecule has 0 aliphatic carbocycles. The van der Waals surface area contributed by atoms with Gasteiger partial charge in [0.25, 0.3) is 5.69 Å². The predicted octanol–water partition coefficient (Wildman–Crippen LogP) is 1.79. The lowest BCUT2D eigenvalue weighted by atomic mass is 9.89. The van der Waals surface area contributed by atoms with Gasteiger partial charge in [0.05, 0.1) is 11.0 Å². The molecule has 0 saturated carbocycles. The SMILES string of the molecule is COC(OC)[C@]1(C)CC(O)c2cc([N+](=O)[O-])ccc2O1. The molecule has 0 aromatic heterocycles. The summed E-state index contributed by atoms with van der Waals surface area (Å²) in [5.74, 6) is 0.399. The summed E-state index contributed by atoms with van der Waals surface area (Å²) in [4.78, 5) is 10.3. The van der Waals surface area contributed by atoms with Gasteiger partial charge in [-0.2, -0.15) is 0 Å². The van der Waals surface area contributed by atoms with Crippen molar-refractivity contribution < 1.29 is 24.2 Å². The Morgan fingerprint density at radius 3 is 2.70 bits per heavy atom. The maximum atomic E-state index is 10.8. The van der Waals surface area contributed by atoms with E-state index in [0.717, 1.165) is 0 Å². The Labute approximate surface area is 116 Å². The average molecular weight is 283 g/mol. The molecule has 0 bridgehead atoms. The van der Waals surface area contributed by atoms with E-state index in [1.165, 1.54) is 32.4 Å². The van der Waals surface area contributed by atoms with Gasteiger partial charge in [0, 0.05) is 38.3 Å². The number of rotatable bonds is 4. The lowest BCUT2D eigenvalue weighted by Crippen LogP contribution is -2.50. The maximum absolute atomic E-state index is 10.8. The molecule has 2 rings (SSSR count). The second-order valence-corrected chi connectivity index (χ2v) is 4.92. The van der Waals surface area contributed by atoms with Crippen LogP contribution < -0.4 is 4.74 Å². The van der Waals surface area contributed by atoms with Gasteiger partial charge in [-0.1, -0.05) is 0 Å². The lowest BCUT2D eigenvalue weighted by molar-refractivity contribution is -0.385. The number of aliphatic hydroxyl groups excluding tert-OH is 1. The molecule has 0 radical (unpaired) electrons. The quantitative estimate of drug-likeness (QED) is 0.514. The van der Waals surface area contributed by atoms with E-state index in [1.54, 1.807) is 6.92 Å². The summed E-state index contributed by atoms with van der Waals surface area (Å²) in [7, 11) is 2.97. The van der Waals surface area contributed by atoms with Crippen molar-refractivity contribution in [3.63, 3.8) is 0 Å². The highest BCUT2D eigenvalue weighted by molar-refractivity contribution is 5.46. The van der Waals surface area contributed by atoms with Crippen LogP contribution in [0.4, 0.5) is 5.69 Å². The molecule has 7 heteroatoms. The summed E-state index contributed by atoms with van der Waals surface area (Å²) in [5, 5.41) is 21.0. The van der Waals surface area contributed by atoms with Crippen molar-refractivity contribution in [3.05, 3.63) is 33.9 Å². The van der Waals surface area contributed by atoms with E-state index < -0.39 is 22.9 Å². The molecule has 1 aliphatic rings. The first-order chi connectivity index (χ1) is 9.41. The molecule has 0 spiro atoms. The number of hydrogen-bond donors (Lipinski definition) is 1. The number of ether oxygens (including phenoxy) is 3. The number of nitro benzene ring substituents is 1. The van der Waals surface area contributed by atoms with E-state index in [-0.39, 0.29) is 12.1 Å². The van der Waals surface area contributed by atoms with E-state index in [2.05, 4.69) is 0 Å². The van der Waals surface area contributed by atoms with Gasteiger partial charge in [-0.05, 0) is 13.0 Å². The normalized spacial score (nSPS) is 25.1. The van der Waals surface area contributed by atoms with Gasteiger partial charge in [0.15, 0.2) is 11.9 Å². The summed E-state index contributed by atoms with van der Waals surface area (Å²) >= 11 is 0. The van der Waals surface area contributed by atoms with E-state index in [9.17, 15) is 15.2 Å². The first-order valence-corrected chi connectivity index (χ1v) is 6.12. The average Bonchev–Trinajstić information content (AvgIpc) is 2.39. The number of hydrogen-bond acceptors (Lipinski definition) is 6. The van der Waals surface area contributed by atoms with Gasteiger partial charge >= 0.3 is 0 Å². The molecule has 1 unspecified atom stereocenters. The Hall–Kier alpha value is -1.70. The number of nitro groups is 1. The molecule has 1 N–H and O–H groups in total. The summed E-state index contributed by atoms with van der Waals surface area (Å²) in [6.45, 7) is 1.76. The van der Waals surface area contributed by atoms with Gasteiger partial charge in [0.2, 0.25) is 0 Å². The van der Waals surface area contributed by atoms with Crippen LogP contribution in [0, 0.1) is 10.1 Å². The molecule has 0 saturated heterocycles. The zero-order chi connectivity index (χ0) is 14.9. The Morgan fingerprint density at radius 1 is 1.50 bits per heavy atom. The molecule has 0 amide bonds. The zero-order valence-corrected chi connectivity index (χ0v) is 11.5. The summed E-state index contributed by atoms with van der Waals surface area (Å²) in [6, 6.07) is 4.15. The van der Waals surface area contributed by atoms with Crippen LogP contribution in [0.25, 0.3) is 0 Å². The minimum absolute atomic E-state index is 0.0787. The highest BCUT2D eigenvalue weighted by Gasteiger charge is 2.44. The van der Waals surface area contributed by atoms with Crippen molar-refractivity contribution in [2.45, 2.75) is 31.3 Å². The van der Waals surface area contributed by atoms with Crippen LogP contribution in [-0.2, 0) is 9.47 Å². The third-order valence-electron chi connectivity index (χ3n) is 3.43. The molecule has 110 valence electrons. The molecule has 7 nitrogen and oxygen atoms in total. The van der Waals surface area contributed by atoms with Gasteiger partial charge in [0.1, 0.15) is 5.75 Å².